The fourth-order valence-electron chi connectivity index (χ4n) is 3.08. The third-order valence-electron chi connectivity index (χ3n) is 4.24. The highest BCUT2D eigenvalue weighted by atomic mass is 16.5. The minimum Gasteiger partial charge on any atom is -0.476 e. The van der Waals surface area contributed by atoms with Gasteiger partial charge in [-0.15, -0.1) is 0 Å². The Kier molecular flexibility index (Phi) is 4.24. The van der Waals surface area contributed by atoms with Crippen molar-refractivity contribution < 1.29 is 9.94 Å². The minimum absolute atomic E-state index is 0.0633. The lowest BCUT2D eigenvalue weighted by Gasteiger charge is -2.16. The van der Waals surface area contributed by atoms with Crippen LogP contribution in [0.1, 0.15) is 36.1 Å². The van der Waals surface area contributed by atoms with Crippen LogP contribution in [0.2, 0.25) is 0 Å². The Morgan fingerprint density at radius 2 is 2.14 bits per heavy atom. The van der Waals surface area contributed by atoms with E-state index in [0.29, 0.717) is 18.1 Å². The van der Waals surface area contributed by atoms with Crippen LogP contribution in [0.25, 0.3) is 0 Å². The number of oxime groups is 1. The number of amidine groups is 1. The summed E-state index contributed by atoms with van der Waals surface area (Å²) in [6.45, 7) is 3.77. The normalized spacial score (nSPS) is 19.0. The number of fused-ring (bicyclic) bond motifs is 1. The Morgan fingerprint density at radius 1 is 1.33 bits per heavy atom. The van der Waals surface area contributed by atoms with Crippen molar-refractivity contribution in [1.29, 1.82) is 0 Å². The van der Waals surface area contributed by atoms with E-state index in [1.807, 2.05) is 6.07 Å². The number of pyridine rings is 1. The van der Waals surface area contributed by atoms with E-state index in [-0.39, 0.29) is 5.84 Å². The number of aromatic nitrogens is 1. The highest BCUT2D eigenvalue weighted by Crippen LogP contribution is 2.26. The summed E-state index contributed by atoms with van der Waals surface area (Å²) >= 11 is 0. The molecule has 6 heteroatoms. The molecule has 0 amide bonds. The monoisotopic (exact) mass is 290 g/mol. The average Bonchev–Trinajstić information content (AvgIpc) is 3.16. The maximum Gasteiger partial charge on any atom is 0.224 e. The van der Waals surface area contributed by atoms with Gasteiger partial charge in [-0.1, -0.05) is 5.16 Å². The molecule has 21 heavy (non-hydrogen) atoms. The molecule has 1 saturated heterocycles. The second-order valence-corrected chi connectivity index (χ2v) is 5.68. The van der Waals surface area contributed by atoms with Crippen molar-refractivity contribution in [2.24, 2.45) is 10.9 Å². The van der Waals surface area contributed by atoms with Crippen molar-refractivity contribution in [3.05, 3.63) is 22.9 Å². The Labute approximate surface area is 124 Å². The highest BCUT2D eigenvalue weighted by Gasteiger charge is 2.20. The third-order valence-corrected chi connectivity index (χ3v) is 4.24. The fraction of sp³-hybridized carbons (Fsp3) is 0.600. The molecular formula is C15H22N4O2. The second-order valence-electron chi connectivity index (χ2n) is 5.68. The van der Waals surface area contributed by atoms with Gasteiger partial charge < -0.3 is 15.7 Å². The van der Waals surface area contributed by atoms with Crippen LogP contribution < -0.4 is 10.5 Å². The minimum atomic E-state index is 0.0633. The van der Waals surface area contributed by atoms with Crippen LogP contribution >= 0.6 is 0 Å². The van der Waals surface area contributed by atoms with Gasteiger partial charge in [-0.25, -0.2) is 4.98 Å². The van der Waals surface area contributed by atoms with Gasteiger partial charge >= 0.3 is 0 Å². The van der Waals surface area contributed by atoms with Gasteiger partial charge in [0.25, 0.3) is 0 Å². The van der Waals surface area contributed by atoms with Crippen molar-refractivity contribution in [1.82, 2.24) is 9.88 Å². The van der Waals surface area contributed by atoms with Gasteiger partial charge in [-0.05, 0) is 56.8 Å². The number of nitrogens with zero attached hydrogens (tertiary/aromatic N) is 3. The van der Waals surface area contributed by atoms with Gasteiger partial charge in [0.05, 0.1) is 5.56 Å². The molecule has 114 valence electrons. The van der Waals surface area contributed by atoms with Gasteiger partial charge in [0, 0.05) is 12.2 Å². The number of hydrogen-bond acceptors (Lipinski definition) is 5. The summed E-state index contributed by atoms with van der Waals surface area (Å²) in [5.41, 5.74) is 8.62. The Bertz CT molecular complexity index is 539. The summed E-state index contributed by atoms with van der Waals surface area (Å²) < 4.78 is 5.82. The molecule has 0 unspecified atom stereocenters. The van der Waals surface area contributed by atoms with Crippen molar-refractivity contribution in [3.63, 3.8) is 0 Å². The standard InChI is InChI=1S/C15H22N4O2/c16-14(18-20)12-10-11-4-3-5-13(11)17-15(12)21-9-8-19-6-1-2-7-19/h10,20H,1-9H2,(H2,16,18). The van der Waals surface area contributed by atoms with Gasteiger partial charge in [0.1, 0.15) is 6.61 Å². The molecule has 3 N–H and O–H groups in total. The van der Waals surface area contributed by atoms with Gasteiger partial charge in [0.2, 0.25) is 5.88 Å². The van der Waals surface area contributed by atoms with Gasteiger partial charge in [-0.3, -0.25) is 4.90 Å². The number of hydrogen-bond donors (Lipinski definition) is 2. The molecule has 0 radical (unpaired) electrons. The number of likely N-dealkylation sites (tertiary alicyclic amines) is 1. The fourth-order valence-corrected chi connectivity index (χ4v) is 3.08. The Morgan fingerprint density at radius 3 is 2.90 bits per heavy atom. The molecule has 1 aromatic heterocycles. The van der Waals surface area contributed by atoms with Crippen LogP contribution in [0.4, 0.5) is 0 Å². The molecular weight excluding hydrogens is 268 g/mol. The molecule has 0 bridgehead atoms. The predicted molar refractivity (Wildman–Crippen MR) is 79.9 cm³/mol. The van der Waals surface area contributed by atoms with Crippen molar-refractivity contribution in [2.75, 3.05) is 26.2 Å². The first-order valence-corrected chi connectivity index (χ1v) is 7.64. The lowest BCUT2D eigenvalue weighted by molar-refractivity contribution is 0.231. The topological polar surface area (TPSA) is 84.0 Å². The van der Waals surface area contributed by atoms with E-state index in [0.717, 1.165) is 44.6 Å². The molecule has 0 aromatic carbocycles. The van der Waals surface area contributed by atoms with Crippen LogP contribution in [0, 0.1) is 0 Å². The Balaban J connectivity index is 1.72. The number of aryl methyl sites for hydroxylation is 2. The van der Waals surface area contributed by atoms with Crippen LogP contribution in [0.15, 0.2) is 11.2 Å². The van der Waals surface area contributed by atoms with Crippen molar-refractivity contribution in [2.45, 2.75) is 32.1 Å². The first kappa shape index (κ1) is 14.1. The Hall–Kier alpha value is -1.82. The molecule has 2 heterocycles. The molecule has 6 nitrogen and oxygen atoms in total. The van der Waals surface area contributed by atoms with E-state index in [1.54, 1.807) is 0 Å². The molecule has 0 saturated carbocycles. The number of ether oxygens (including phenoxy) is 1. The molecule has 1 aliphatic carbocycles. The summed E-state index contributed by atoms with van der Waals surface area (Å²) in [7, 11) is 0. The quantitative estimate of drug-likeness (QED) is 0.368. The van der Waals surface area contributed by atoms with Gasteiger partial charge in [0.15, 0.2) is 5.84 Å². The summed E-state index contributed by atoms with van der Waals surface area (Å²) in [4.78, 5) is 6.96. The summed E-state index contributed by atoms with van der Waals surface area (Å²) in [6, 6.07) is 1.95. The van der Waals surface area contributed by atoms with Crippen LogP contribution in [-0.2, 0) is 12.8 Å². The van der Waals surface area contributed by atoms with E-state index < -0.39 is 0 Å². The largest absolute Gasteiger partial charge is 0.476 e. The molecule has 1 aliphatic heterocycles. The van der Waals surface area contributed by atoms with E-state index in [1.165, 1.54) is 18.4 Å². The van der Waals surface area contributed by atoms with E-state index in [2.05, 4.69) is 15.0 Å². The zero-order valence-corrected chi connectivity index (χ0v) is 12.2. The molecule has 0 spiro atoms. The first-order chi connectivity index (χ1) is 10.3. The molecule has 1 aromatic rings. The van der Waals surface area contributed by atoms with Gasteiger partial charge in [-0.2, -0.15) is 0 Å². The SMILES string of the molecule is NC(=NO)c1cc2c(nc1OCCN1CCCC1)CCC2. The molecule has 1 fully saturated rings. The van der Waals surface area contributed by atoms with Crippen molar-refractivity contribution >= 4 is 5.84 Å². The maximum absolute atomic E-state index is 8.93. The highest BCUT2D eigenvalue weighted by molar-refractivity contribution is 5.99. The van der Waals surface area contributed by atoms with Crippen LogP contribution in [0.3, 0.4) is 0 Å². The molecule has 3 rings (SSSR count). The smallest absolute Gasteiger partial charge is 0.224 e. The van der Waals surface area contributed by atoms with Crippen molar-refractivity contribution in [3.8, 4) is 5.88 Å². The number of nitrogens with two attached hydrogens (primary N) is 1. The second kappa shape index (κ2) is 6.30. The number of rotatable bonds is 5. The zero-order valence-electron chi connectivity index (χ0n) is 12.2. The molecule has 2 aliphatic rings. The summed E-state index contributed by atoms with van der Waals surface area (Å²) in [5, 5.41) is 12.0. The summed E-state index contributed by atoms with van der Waals surface area (Å²) in [6.07, 6.45) is 5.63. The average molecular weight is 290 g/mol. The maximum atomic E-state index is 8.93. The lowest BCUT2D eigenvalue weighted by atomic mass is 10.1. The third kappa shape index (κ3) is 3.10. The van der Waals surface area contributed by atoms with E-state index >= 15 is 0 Å². The van der Waals surface area contributed by atoms with E-state index in [4.69, 9.17) is 15.7 Å². The zero-order chi connectivity index (χ0) is 14.7. The molecule has 0 atom stereocenters. The van der Waals surface area contributed by atoms with E-state index in [9.17, 15) is 0 Å². The predicted octanol–water partition coefficient (Wildman–Crippen LogP) is 1.14. The van der Waals surface area contributed by atoms with Crippen LogP contribution in [-0.4, -0.2) is 47.2 Å². The lowest BCUT2D eigenvalue weighted by Crippen LogP contribution is -2.26. The van der Waals surface area contributed by atoms with Crippen LogP contribution in [0.5, 0.6) is 5.88 Å². The first-order valence-electron chi connectivity index (χ1n) is 7.64. The summed E-state index contributed by atoms with van der Waals surface area (Å²) in [5.74, 6) is 0.554.